The molecule has 0 atom stereocenters. The average molecular weight is 487 g/mol. The molecule has 0 aliphatic heterocycles. The lowest BCUT2D eigenvalue weighted by Crippen LogP contribution is -2.02. The highest BCUT2D eigenvalue weighted by atomic mass is 79.9. The van der Waals surface area contributed by atoms with Gasteiger partial charge in [0.25, 0.3) is 5.69 Å². The Morgan fingerprint density at radius 1 is 1.10 bits per heavy atom. The third kappa shape index (κ3) is 3.84. The summed E-state index contributed by atoms with van der Waals surface area (Å²) in [7, 11) is 0. The van der Waals surface area contributed by atoms with Gasteiger partial charge in [-0.15, -0.1) is 22.7 Å². The molecule has 4 aromatic rings. The van der Waals surface area contributed by atoms with E-state index in [0.29, 0.717) is 16.1 Å². The van der Waals surface area contributed by atoms with Crippen molar-refractivity contribution in [1.82, 2.24) is 4.98 Å². The number of para-hydroxylation sites is 1. The summed E-state index contributed by atoms with van der Waals surface area (Å²) in [5.41, 5.74) is 1.89. The van der Waals surface area contributed by atoms with E-state index in [2.05, 4.69) is 20.9 Å². The van der Waals surface area contributed by atoms with Gasteiger partial charge in [0.1, 0.15) is 5.01 Å². The molecule has 6 nitrogen and oxygen atoms in total. The number of benzene rings is 2. The molecule has 0 unspecified atom stereocenters. The van der Waals surface area contributed by atoms with E-state index in [1.807, 2.05) is 17.5 Å². The van der Waals surface area contributed by atoms with Crippen LogP contribution in [0.1, 0.15) is 10.4 Å². The van der Waals surface area contributed by atoms with Gasteiger partial charge in [-0.2, -0.15) is 0 Å². The number of hydrogen-bond donors (Lipinski definition) is 1. The second-order valence-electron chi connectivity index (χ2n) is 5.98. The minimum Gasteiger partial charge on any atom is -0.478 e. The Hall–Kier alpha value is -2.88. The minimum absolute atomic E-state index is 0.00702. The third-order valence-electron chi connectivity index (χ3n) is 4.22. The van der Waals surface area contributed by atoms with Gasteiger partial charge in [0.15, 0.2) is 0 Å². The summed E-state index contributed by atoms with van der Waals surface area (Å²) in [6, 6.07) is 14.9. The van der Waals surface area contributed by atoms with Crippen LogP contribution in [0.2, 0.25) is 0 Å². The van der Waals surface area contributed by atoms with E-state index in [-0.39, 0.29) is 16.8 Å². The van der Waals surface area contributed by atoms with Gasteiger partial charge < -0.3 is 5.11 Å². The second-order valence-corrected chi connectivity index (χ2v) is 9.30. The number of halogens is 1. The molecule has 0 aliphatic carbocycles. The van der Waals surface area contributed by atoms with E-state index in [0.717, 1.165) is 14.4 Å². The molecular formula is C20H11BrN2O4S2. The summed E-state index contributed by atoms with van der Waals surface area (Å²) in [4.78, 5) is 28.4. The zero-order chi connectivity index (χ0) is 20.5. The van der Waals surface area contributed by atoms with Crippen molar-refractivity contribution in [3.63, 3.8) is 0 Å². The Kier molecular flexibility index (Phi) is 5.27. The first-order chi connectivity index (χ1) is 13.9. The maximum Gasteiger partial charge on any atom is 0.336 e. The van der Waals surface area contributed by atoms with Crippen molar-refractivity contribution >= 4 is 50.3 Å². The van der Waals surface area contributed by atoms with E-state index >= 15 is 0 Å². The number of rotatable bonds is 5. The van der Waals surface area contributed by atoms with E-state index < -0.39 is 10.9 Å². The Morgan fingerprint density at radius 2 is 1.90 bits per heavy atom. The van der Waals surface area contributed by atoms with Gasteiger partial charge >= 0.3 is 5.97 Å². The van der Waals surface area contributed by atoms with Gasteiger partial charge in [0.05, 0.1) is 30.4 Å². The topological polar surface area (TPSA) is 93.3 Å². The molecule has 2 aromatic carbocycles. The van der Waals surface area contributed by atoms with Crippen molar-refractivity contribution in [2.75, 3.05) is 0 Å². The molecule has 4 rings (SSSR count). The Bertz CT molecular complexity index is 1250. The van der Waals surface area contributed by atoms with Crippen molar-refractivity contribution in [3.8, 4) is 32.3 Å². The van der Waals surface area contributed by atoms with Crippen molar-refractivity contribution < 1.29 is 14.8 Å². The van der Waals surface area contributed by atoms with Crippen LogP contribution in [0.4, 0.5) is 5.69 Å². The monoisotopic (exact) mass is 486 g/mol. The Morgan fingerprint density at radius 3 is 2.59 bits per heavy atom. The van der Waals surface area contributed by atoms with E-state index in [4.69, 9.17) is 0 Å². The number of thiophene rings is 1. The molecule has 0 bridgehead atoms. The standard InChI is InChI=1S/C20H11BrN2O4S2/c21-18-8-7-17(29-18)15-10-28-19(22-15)11-5-6-12(14(9-11)20(24)25)13-3-1-2-4-16(13)23(26)27/h1-10H,(H,24,25). The number of nitrogens with zero attached hydrogens (tertiary/aromatic N) is 2. The van der Waals surface area contributed by atoms with Crippen LogP contribution in [0.3, 0.4) is 0 Å². The highest BCUT2D eigenvalue weighted by Gasteiger charge is 2.21. The fourth-order valence-corrected chi connectivity index (χ4v) is 5.16. The summed E-state index contributed by atoms with van der Waals surface area (Å²) >= 11 is 6.41. The number of carboxylic acids is 1. The van der Waals surface area contributed by atoms with E-state index in [1.54, 1.807) is 41.7 Å². The number of hydrogen-bond acceptors (Lipinski definition) is 6. The van der Waals surface area contributed by atoms with Crippen LogP contribution in [-0.2, 0) is 0 Å². The molecule has 29 heavy (non-hydrogen) atoms. The molecule has 2 heterocycles. The summed E-state index contributed by atoms with van der Waals surface area (Å²) in [6.45, 7) is 0. The van der Waals surface area contributed by atoms with Gasteiger partial charge in [0.2, 0.25) is 0 Å². The highest BCUT2D eigenvalue weighted by Crippen LogP contribution is 2.37. The molecule has 0 saturated heterocycles. The van der Waals surface area contributed by atoms with Gasteiger partial charge in [-0.1, -0.05) is 24.3 Å². The smallest absolute Gasteiger partial charge is 0.336 e. The number of thiazole rings is 1. The largest absolute Gasteiger partial charge is 0.478 e. The van der Waals surface area contributed by atoms with Crippen LogP contribution in [0.5, 0.6) is 0 Å². The Balaban J connectivity index is 1.79. The summed E-state index contributed by atoms with van der Waals surface area (Å²) in [5, 5.41) is 23.7. The van der Waals surface area contributed by atoms with Crippen LogP contribution in [0.25, 0.3) is 32.3 Å². The van der Waals surface area contributed by atoms with Crippen LogP contribution in [0, 0.1) is 10.1 Å². The van der Waals surface area contributed by atoms with E-state index in [9.17, 15) is 20.0 Å². The first kappa shape index (κ1) is 19.4. The van der Waals surface area contributed by atoms with Crippen LogP contribution >= 0.6 is 38.6 Å². The predicted molar refractivity (Wildman–Crippen MR) is 118 cm³/mol. The molecule has 2 aromatic heterocycles. The lowest BCUT2D eigenvalue weighted by Gasteiger charge is -2.09. The van der Waals surface area contributed by atoms with Crippen molar-refractivity contribution in [2.45, 2.75) is 0 Å². The number of nitro groups is 1. The van der Waals surface area contributed by atoms with Crippen LogP contribution in [-0.4, -0.2) is 21.0 Å². The van der Waals surface area contributed by atoms with Gasteiger partial charge in [0, 0.05) is 22.6 Å². The number of carboxylic acid groups (broad SMARTS) is 1. The number of aromatic nitrogens is 1. The van der Waals surface area contributed by atoms with Crippen LogP contribution < -0.4 is 0 Å². The Labute approximate surface area is 181 Å². The minimum atomic E-state index is -1.15. The predicted octanol–water partition coefficient (Wildman–Crippen LogP) is 6.57. The van der Waals surface area contributed by atoms with Crippen molar-refractivity contribution in [1.29, 1.82) is 0 Å². The van der Waals surface area contributed by atoms with Crippen LogP contribution in [0.15, 0.2) is 63.8 Å². The first-order valence-electron chi connectivity index (χ1n) is 8.27. The average Bonchev–Trinajstić information content (AvgIpc) is 3.36. The third-order valence-corrected chi connectivity index (χ3v) is 6.76. The molecule has 144 valence electrons. The normalized spacial score (nSPS) is 10.8. The molecule has 0 saturated carbocycles. The maximum absolute atomic E-state index is 11.9. The lowest BCUT2D eigenvalue weighted by atomic mass is 9.96. The summed E-state index contributed by atoms with van der Waals surface area (Å²) in [6.07, 6.45) is 0. The zero-order valence-electron chi connectivity index (χ0n) is 14.5. The molecular weight excluding hydrogens is 476 g/mol. The molecule has 0 amide bonds. The SMILES string of the molecule is O=C(O)c1cc(-c2nc(-c3ccc(Br)s3)cs2)ccc1-c1ccccc1[N+](=O)[O-]. The lowest BCUT2D eigenvalue weighted by molar-refractivity contribution is -0.384. The quantitative estimate of drug-likeness (QED) is 0.254. The number of nitro benzene ring substituents is 1. The molecule has 0 aliphatic rings. The van der Waals surface area contributed by atoms with Gasteiger partial charge in [-0.25, -0.2) is 9.78 Å². The number of aromatic carboxylic acids is 1. The molecule has 0 spiro atoms. The second kappa shape index (κ2) is 7.86. The van der Waals surface area contributed by atoms with Crippen molar-refractivity contribution in [3.05, 3.63) is 79.4 Å². The maximum atomic E-state index is 11.9. The first-order valence-corrected chi connectivity index (χ1v) is 10.8. The fourth-order valence-electron chi connectivity index (χ4n) is 2.92. The zero-order valence-corrected chi connectivity index (χ0v) is 17.8. The molecule has 1 N–H and O–H groups in total. The van der Waals surface area contributed by atoms with Gasteiger partial charge in [-0.3, -0.25) is 10.1 Å². The van der Waals surface area contributed by atoms with E-state index in [1.165, 1.54) is 23.5 Å². The van der Waals surface area contributed by atoms with Gasteiger partial charge in [-0.05, 0) is 40.2 Å². The summed E-state index contributed by atoms with van der Waals surface area (Å²) in [5.74, 6) is -1.15. The highest BCUT2D eigenvalue weighted by molar-refractivity contribution is 9.11. The molecule has 9 heteroatoms. The van der Waals surface area contributed by atoms with Crippen molar-refractivity contribution in [2.24, 2.45) is 0 Å². The molecule has 0 radical (unpaired) electrons. The molecule has 0 fully saturated rings. The fraction of sp³-hybridized carbons (Fsp3) is 0. The summed E-state index contributed by atoms with van der Waals surface area (Å²) < 4.78 is 1.00. The number of carbonyl (C=O) groups is 1.